The minimum absolute atomic E-state index is 0.0422. The van der Waals surface area contributed by atoms with Crippen molar-refractivity contribution in [1.82, 2.24) is 0 Å². The van der Waals surface area contributed by atoms with E-state index in [1.165, 1.54) is 12.1 Å². The summed E-state index contributed by atoms with van der Waals surface area (Å²) in [6.07, 6.45) is 1.71. The summed E-state index contributed by atoms with van der Waals surface area (Å²) >= 11 is 0. The van der Waals surface area contributed by atoms with Gasteiger partial charge in [0.25, 0.3) is 5.69 Å². The van der Waals surface area contributed by atoms with Crippen LogP contribution in [-0.4, -0.2) is 26.7 Å². The topological polar surface area (TPSA) is 101 Å². The number of benzene rings is 1. The molecule has 1 aromatic rings. The van der Waals surface area contributed by atoms with Crippen LogP contribution in [0.25, 0.3) is 0 Å². The minimum Gasteiger partial charge on any atom is -0.478 e. The summed E-state index contributed by atoms with van der Waals surface area (Å²) in [5.41, 5.74) is -0.307. The van der Waals surface area contributed by atoms with Crippen molar-refractivity contribution in [3.63, 3.8) is 0 Å². The Morgan fingerprint density at radius 1 is 1.18 bits per heavy atom. The largest absolute Gasteiger partial charge is 0.478 e. The SMILES string of the molecule is CCC(C)(O)CC(C)(C)C.O=C(O)c1ccc([N+](=O)[O-])cc1. The van der Waals surface area contributed by atoms with E-state index in [0.29, 0.717) is 0 Å². The highest BCUT2D eigenvalue weighted by Gasteiger charge is 2.25. The first-order valence-corrected chi connectivity index (χ1v) is 7.08. The number of carboxylic acid groups (broad SMARTS) is 1. The Hall–Kier alpha value is -1.95. The third-order valence-corrected chi connectivity index (χ3v) is 3.00. The molecule has 0 aliphatic rings. The highest BCUT2D eigenvalue weighted by atomic mass is 16.6. The van der Waals surface area contributed by atoms with Crippen molar-refractivity contribution in [2.24, 2.45) is 5.41 Å². The maximum absolute atomic E-state index is 10.3. The lowest BCUT2D eigenvalue weighted by molar-refractivity contribution is -0.384. The molecule has 0 amide bonds. The molecule has 0 radical (unpaired) electrons. The molecule has 0 spiro atoms. The molecule has 0 heterocycles. The first kappa shape index (κ1) is 20.1. The van der Waals surface area contributed by atoms with Crippen LogP contribution in [0.15, 0.2) is 24.3 Å². The van der Waals surface area contributed by atoms with E-state index in [0.717, 1.165) is 25.0 Å². The number of hydrogen-bond donors (Lipinski definition) is 2. The molecule has 0 aliphatic carbocycles. The summed E-state index contributed by atoms with van der Waals surface area (Å²) in [5.74, 6) is -1.09. The Labute approximate surface area is 130 Å². The number of aromatic carboxylic acids is 1. The number of carboxylic acids is 1. The van der Waals surface area contributed by atoms with Crippen molar-refractivity contribution in [3.8, 4) is 0 Å². The molecule has 0 aliphatic heterocycles. The zero-order valence-corrected chi connectivity index (χ0v) is 13.8. The third-order valence-electron chi connectivity index (χ3n) is 3.00. The van der Waals surface area contributed by atoms with Crippen LogP contribution in [0.4, 0.5) is 5.69 Å². The molecular formula is C16H25NO5. The minimum atomic E-state index is -1.09. The number of nitrogens with zero attached hydrogens (tertiary/aromatic N) is 1. The van der Waals surface area contributed by atoms with Gasteiger partial charge in [0.05, 0.1) is 16.1 Å². The number of nitro benzene ring substituents is 1. The van der Waals surface area contributed by atoms with E-state index in [9.17, 15) is 20.0 Å². The molecule has 0 fully saturated rings. The molecule has 124 valence electrons. The molecule has 1 aromatic carbocycles. The number of aliphatic hydroxyl groups is 1. The number of non-ortho nitro benzene ring substituents is 1. The second kappa shape index (κ2) is 7.89. The monoisotopic (exact) mass is 311 g/mol. The third kappa shape index (κ3) is 8.36. The van der Waals surface area contributed by atoms with Crippen LogP contribution < -0.4 is 0 Å². The number of hydrogen-bond acceptors (Lipinski definition) is 4. The summed E-state index contributed by atoms with van der Waals surface area (Å²) < 4.78 is 0. The lowest BCUT2D eigenvalue weighted by Gasteiger charge is -2.29. The molecule has 0 saturated heterocycles. The van der Waals surface area contributed by atoms with E-state index in [-0.39, 0.29) is 16.7 Å². The first-order valence-electron chi connectivity index (χ1n) is 7.08. The van der Waals surface area contributed by atoms with Gasteiger partial charge in [-0.2, -0.15) is 0 Å². The van der Waals surface area contributed by atoms with Crippen LogP contribution in [0.2, 0.25) is 0 Å². The highest BCUT2D eigenvalue weighted by molar-refractivity contribution is 5.87. The number of nitro groups is 1. The van der Waals surface area contributed by atoms with Gasteiger partial charge in [0.1, 0.15) is 0 Å². The highest BCUT2D eigenvalue weighted by Crippen LogP contribution is 2.28. The Morgan fingerprint density at radius 3 is 1.86 bits per heavy atom. The molecule has 0 bridgehead atoms. The van der Waals surface area contributed by atoms with Gasteiger partial charge in [0.2, 0.25) is 0 Å². The Morgan fingerprint density at radius 2 is 1.64 bits per heavy atom. The van der Waals surface area contributed by atoms with Gasteiger partial charge < -0.3 is 10.2 Å². The smallest absolute Gasteiger partial charge is 0.335 e. The fraction of sp³-hybridized carbons (Fsp3) is 0.562. The zero-order chi connectivity index (χ0) is 17.6. The van der Waals surface area contributed by atoms with Crippen LogP contribution >= 0.6 is 0 Å². The molecule has 2 N–H and O–H groups in total. The Balaban J connectivity index is 0.000000409. The van der Waals surface area contributed by atoms with Gasteiger partial charge in [0.15, 0.2) is 0 Å². The van der Waals surface area contributed by atoms with Gasteiger partial charge in [-0.15, -0.1) is 0 Å². The maximum atomic E-state index is 10.3. The Bertz CT molecular complexity index is 467. The lowest BCUT2D eigenvalue weighted by Crippen LogP contribution is -2.29. The molecule has 6 heteroatoms. The van der Waals surface area contributed by atoms with Gasteiger partial charge in [-0.05, 0) is 37.3 Å². The quantitative estimate of drug-likeness (QED) is 0.649. The molecular weight excluding hydrogens is 286 g/mol. The van der Waals surface area contributed by atoms with Gasteiger partial charge >= 0.3 is 5.97 Å². The average Bonchev–Trinajstić information content (AvgIpc) is 2.37. The fourth-order valence-electron chi connectivity index (χ4n) is 1.99. The summed E-state index contributed by atoms with van der Waals surface area (Å²) in [6.45, 7) is 10.4. The summed E-state index contributed by atoms with van der Waals surface area (Å²) in [5, 5.41) is 28.2. The van der Waals surface area contributed by atoms with Gasteiger partial charge in [0, 0.05) is 12.1 Å². The number of rotatable bonds is 4. The van der Waals surface area contributed by atoms with Crippen LogP contribution in [0, 0.1) is 15.5 Å². The fourth-order valence-corrected chi connectivity index (χ4v) is 1.99. The molecule has 1 unspecified atom stereocenters. The van der Waals surface area contributed by atoms with Crippen molar-refractivity contribution in [3.05, 3.63) is 39.9 Å². The van der Waals surface area contributed by atoms with Gasteiger partial charge in [-0.1, -0.05) is 27.7 Å². The summed E-state index contributed by atoms with van der Waals surface area (Å²) in [7, 11) is 0. The number of carbonyl (C=O) groups is 1. The second-order valence-electron chi connectivity index (χ2n) is 6.70. The van der Waals surface area contributed by atoms with Crippen molar-refractivity contribution < 1.29 is 19.9 Å². The van der Waals surface area contributed by atoms with Crippen molar-refractivity contribution >= 4 is 11.7 Å². The molecule has 6 nitrogen and oxygen atoms in total. The van der Waals surface area contributed by atoms with E-state index in [1.54, 1.807) is 0 Å². The van der Waals surface area contributed by atoms with E-state index >= 15 is 0 Å². The molecule has 22 heavy (non-hydrogen) atoms. The maximum Gasteiger partial charge on any atom is 0.335 e. The molecule has 0 saturated carbocycles. The standard InChI is InChI=1S/C9H20O.C7H5NO4/c1-6-9(5,10)7-8(2,3)4;9-7(10)5-1-3-6(4-2-5)8(11)12/h10H,6-7H2,1-5H3;1-4H,(H,9,10). The first-order chi connectivity index (χ1) is 9.88. The van der Waals surface area contributed by atoms with Crippen LogP contribution in [0.3, 0.4) is 0 Å². The van der Waals surface area contributed by atoms with Crippen LogP contribution in [0.5, 0.6) is 0 Å². The van der Waals surface area contributed by atoms with E-state index in [2.05, 4.69) is 20.8 Å². The van der Waals surface area contributed by atoms with Gasteiger partial charge in [-0.3, -0.25) is 10.1 Å². The lowest BCUT2D eigenvalue weighted by atomic mass is 9.82. The van der Waals surface area contributed by atoms with Crippen molar-refractivity contribution in [1.29, 1.82) is 0 Å². The van der Waals surface area contributed by atoms with E-state index in [4.69, 9.17) is 5.11 Å². The van der Waals surface area contributed by atoms with E-state index in [1.807, 2.05) is 13.8 Å². The molecule has 0 aromatic heterocycles. The van der Waals surface area contributed by atoms with E-state index < -0.39 is 16.5 Å². The van der Waals surface area contributed by atoms with Crippen molar-refractivity contribution in [2.75, 3.05) is 0 Å². The molecule has 1 atom stereocenters. The van der Waals surface area contributed by atoms with Gasteiger partial charge in [-0.25, -0.2) is 4.79 Å². The predicted molar refractivity (Wildman–Crippen MR) is 85.0 cm³/mol. The van der Waals surface area contributed by atoms with Crippen molar-refractivity contribution in [2.45, 2.75) is 53.1 Å². The summed E-state index contributed by atoms with van der Waals surface area (Å²) in [4.78, 5) is 19.9. The second-order valence-corrected chi connectivity index (χ2v) is 6.70. The average molecular weight is 311 g/mol. The molecule has 1 rings (SSSR count). The zero-order valence-electron chi connectivity index (χ0n) is 13.8. The Kier molecular flexibility index (Phi) is 7.19. The van der Waals surface area contributed by atoms with Crippen LogP contribution in [-0.2, 0) is 0 Å². The normalized spacial score (nSPS) is 13.5. The van der Waals surface area contributed by atoms with Crippen LogP contribution in [0.1, 0.15) is 57.8 Å². The predicted octanol–water partition coefficient (Wildman–Crippen LogP) is 3.88. The summed E-state index contributed by atoms with van der Waals surface area (Å²) in [6, 6.07) is 4.70.